The summed E-state index contributed by atoms with van der Waals surface area (Å²) in [7, 11) is 3.82. The molecule has 1 saturated carbocycles. The lowest BCUT2D eigenvalue weighted by atomic mass is 9.83. The van der Waals surface area contributed by atoms with Gasteiger partial charge in [0.05, 0.1) is 7.11 Å². The highest BCUT2D eigenvalue weighted by molar-refractivity contribution is 9.10. The van der Waals surface area contributed by atoms with Crippen molar-refractivity contribution in [3.63, 3.8) is 0 Å². The van der Waals surface area contributed by atoms with Crippen LogP contribution >= 0.6 is 15.9 Å². The van der Waals surface area contributed by atoms with Gasteiger partial charge in [-0.3, -0.25) is 0 Å². The molecule has 2 rings (SSSR count). The van der Waals surface area contributed by atoms with Crippen molar-refractivity contribution in [1.29, 1.82) is 0 Å². The molecule has 1 aromatic carbocycles. The minimum atomic E-state index is 0.380. The maximum atomic E-state index is 5.59. The van der Waals surface area contributed by atoms with Crippen molar-refractivity contribution in [3.8, 4) is 5.75 Å². The van der Waals surface area contributed by atoms with Crippen LogP contribution in [0.2, 0.25) is 0 Å². The van der Waals surface area contributed by atoms with E-state index in [0.29, 0.717) is 6.04 Å². The summed E-state index contributed by atoms with van der Waals surface area (Å²) in [6, 6.07) is 4.73. The molecule has 1 atom stereocenters. The molecule has 0 saturated heterocycles. The average Bonchev–Trinajstić information content (AvgIpc) is 2.48. The van der Waals surface area contributed by atoms with Crippen LogP contribution in [-0.2, 0) is 0 Å². The van der Waals surface area contributed by atoms with Gasteiger partial charge in [0.2, 0.25) is 0 Å². The molecule has 0 heterocycles. The van der Waals surface area contributed by atoms with Crippen LogP contribution in [0.4, 0.5) is 0 Å². The SMILES string of the molecule is CNC(CC1CCCCC1)c1cc(Br)c(C)cc1OC. The van der Waals surface area contributed by atoms with Crippen molar-refractivity contribution in [2.75, 3.05) is 14.2 Å². The van der Waals surface area contributed by atoms with Gasteiger partial charge in [-0.15, -0.1) is 0 Å². The van der Waals surface area contributed by atoms with Crippen LogP contribution in [0.3, 0.4) is 0 Å². The molecule has 1 N–H and O–H groups in total. The zero-order valence-electron chi connectivity index (χ0n) is 12.8. The van der Waals surface area contributed by atoms with Crippen molar-refractivity contribution in [2.45, 2.75) is 51.5 Å². The Kier molecular flexibility index (Phi) is 5.91. The molecule has 0 amide bonds. The lowest BCUT2D eigenvalue weighted by Crippen LogP contribution is -2.22. The van der Waals surface area contributed by atoms with E-state index in [-0.39, 0.29) is 0 Å². The number of ether oxygens (including phenoxy) is 1. The Balaban J connectivity index is 2.19. The van der Waals surface area contributed by atoms with Crippen LogP contribution in [0, 0.1) is 12.8 Å². The van der Waals surface area contributed by atoms with E-state index in [4.69, 9.17) is 4.74 Å². The Morgan fingerprint density at radius 2 is 2.00 bits per heavy atom. The van der Waals surface area contributed by atoms with E-state index in [9.17, 15) is 0 Å². The molecule has 3 heteroatoms. The van der Waals surface area contributed by atoms with Crippen LogP contribution < -0.4 is 10.1 Å². The first kappa shape index (κ1) is 15.8. The standard InChI is InChI=1S/C17H26BrNO/c1-12-9-17(20-3)14(11-15(12)18)16(19-2)10-13-7-5-4-6-8-13/h9,11,13,16,19H,4-8,10H2,1-3H3. The highest BCUT2D eigenvalue weighted by Crippen LogP contribution is 2.37. The maximum Gasteiger partial charge on any atom is 0.123 e. The summed E-state index contributed by atoms with van der Waals surface area (Å²) in [5.74, 6) is 1.85. The monoisotopic (exact) mass is 339 g/mol. The first-order valence-corrected chi connectivity index (χ1v) is 8.46. The molecule has 1 aliphatic carbocycles. The van der Waals surface area contributed by atoms with E-state index in [1.165, 1.54) is 49.7 Å². The number of nitrogens with one attached hydrogen (secondary N) is 1. The van der Waals surface area contributed by atoms with Gasteiger partial charge in [-0.1, -0.05) is 48.0 Å². The summed E-state index contributed by atoms with van der Waals surface area (Å²) < 4.78 is 6.76. The van der Waals surface area contributed by atoms with Gasteiger partial charge in [0.25, 0.3) is 0 Å². The summed E-state index contributed by atoms with van der Waals surface area (Å²) in [4.78, 5) is 0. The van der Waals surface area contributed by atoms with Crippen LogP contribution in [-0.4, -0.2) is 14.2 Å². The normalized spacial score (nSPS) is 18.0. The minimum absolute atomic E-state index is 0.380. The van der Waals surface area contributed by atoms with E-state index in [1.807, 2.05) is 0 Å². The quantitative estimate of drug-likeness (QED) is 0.815. The highest BCUT2D eigenvalue weighted by atomic mass is 79.9. The molecule has 2 nitrogen and oxygen atoms in total. The van der Waals surface area contributed by atoms with Gasteiger partial charge >= 0.3 is 0 Å². The average molecular weight is 340 g/mol. The van der Waals surface area contributed by atoms with E-state index < -0.39 is 0 Å². The molecule has 20 heavy (non-hydrogen) atoms. The number of rotatable bonds is 5. The number of aryl methyl sites for hydroxylation is 1. The predicted molar refractivity (Wildman–Crippen MR) is 88.4 cm³/mol. The number of halogens is 1. The number of benzene rings is 1. The summed E-state index contributed by atoms with van der Waals surface area (Å²) >= 11 is 3.65. The lowest BCUT2D eigenvalue weighted by molar-refractivity contribution is 0.301. The van der Waals surface area contributed by atoms with E-state index in [2.05, 4.69) is 47.4 Å². The van der Waals surface area contributed by atoms with Gasteiger partial charge in [-0.05, 0) is 44.0 Å². The second-order valence-corrected chi connectivity index (χ2v) is 6.78. The van der Waals surface area contributed by atoms with Crippen molar-refractivity contribution in [1.82, 2.24) is 5.32 Å². The summed E-state index contributed by atoms with van der Waals surface area (Å²) in [5.41, 5.74) is 2.50. The van der Waals surface area contributed by atoms with Crippen LogP contribution in [0.1, 0.15) is 55.7 Å². The lowest BCUT2D eigenvalue weighted by Gasteiger charge is -2.27. The molecule has 0 aliphatic heterocycles. The summed E-state index contributed by atoms with van der Waals surface area (Å²) in [5, 5.41) is 3.49. The van der Waals surface area contributed by atoms with Crippen LogP contribution in [0.15, 0.2) is 16.6 Å². The van der Waals surface area contributed by atoms with Gasteiger partial charge in [0.15, 0.2) is 0 Å². The van der Waals surface area contributed by atoms with E-state index in [0.717, 1.165) is 16.1 Å². The van der Waals surface area contributed by atoms with Crippen LogP contribution in [0.5, 0.6) is 5.75 Å². The predicted octanol–water partition coefficient (Wildman–Crippen LogP) is 5.00. The molecular formula is C17H26BrNO. The fourth-order valence-corrected chi connectivity index (χ4v) is 3.64. The van der Waals surface area contributed by atoms with E-state index in [1.54, 1.807) is 7.11 Å². The van der Waals surface area contributed by atoms with Crippen molar-refractivity contribution >= 4 is 15.9 Å². The Hall–Kier alpha value is -0.540. The second kappa shape index (κ2) is 7.46. The molecule has 0 radical (unpaired) electrons. The van der Waals surface area contributed by atoms with Gasteiger partial charge in [-0.2, -0.15) is 0 Å². The molecule has 1 fully saturated rings. The third-order valence-corrected chi connectivity index (χ3v) is 5.38. The van der Waals surface area contributed by atoms with Crippen molar-refractivity contribution < 1.29 is 4.74 Å². The zero-order chi connectivity index (χ0) is 14.5. The first-order valence-electron chi connectivity index (χ1n) is 7.67. The molecular weight excluding hydrogens is 314 g/mol. The Bertz CT molecular complexity index is 441. The Morgan fingerprint density at radius 3 is 2.60 bits per heavy atom. The Labute approximate surface area is 131 Å². The fourth-order valence-electron chi connectivity index (χ4n) is 3.28. The van der Waals surface area contributed by atoms with Crippen LogP contribution in [0.25, 0.3) is 0 Å². The number of hydrogen-bond donors (Lipinski definition) is 1. The molecule has 0 spiro atoms. The Morgan fingerprint density at radius 1 is 1.30 bits per heavy atom. The van der Waals surface area contributed by atoms with Gasteiger partial charge in [0.1, 0.15) is 5.75 Å². The first-order chi connectivity index (χ1) is 9.65. The second-order valence-electron chi connectivity index (χ2n) is 5.92. The van der Waals surface area contributed by atoms with Gasteiger partial charge in [0, 0.05) is 16.1 Å². The smallest absolute Gasteiger partial charge is 0.123 e. The largest absolute Gasteiger partial charge is 0.496 e. The van der Waals surface area contributed by atoms with Crippen molar-refractivity contribution in [2.24, 2.45) is 5.92 Å². The van der Waals surface area contributed by atoms with E-state index >= 15 is 0 Å². The highest BCUT2D eigenvalue weighted by Gasteiger charge is 2.22. The molecule has 0 bridgehead atoms. The topological polar surface area (TPSA) is 21.3 Å². The zero-order valence-corrected chi connectivity index (χ0v) is 14.4. The maximum absolute atomic E-state index is 5.59. The fraction of sp³-hybridized carbons (Fsp3) is 0.647. The third kappa shape index (κ3) is 3.76. The molecule has 1 aliphatic rings. The molecule has 1 aromatic rings. The van der Waals surface area contributed by atoms with Gasteiger partial charge in [-0.25, -0.2) is 0 Å². The molecule has 112 valence electrons. The number of methoxy groups -OCH3 is 1. The summed E-state index contributed by atoms with van der Waals surface area (Å²) in [6.45, 7) is 2.10. The molecule has 0 aromatic heterocycles. The summed E-state index contributed by atoms with van der Waals surface area (Å²) in [6.07, 6.45) is 8.19. The third-order valence-electron chi connectivity index (χ3n) is 4.53. The van der Waals surface area contributed by atoms with Gasteiger partial charge < -0.3 is 10.1 Å². The van der Waals surface area contributed by atoms with Crippen molar-refractivity contribution in [3.05, 3.63) is 27.7 Å². The number of hydrogen-bond acceptors (Lipinski definition) is 2. The minimum Gasteiger partial charge on any atom is -0.496 e. The molecule has 1 unspecified atom stereocenters.